The fourth-order valence-electron chi connectivity index (χ4n) is 5.77. The molecule has 0 spiro atoms. The predicted molar refractivity (Wildman–Crippen MR) is 146 cm³/mol. The first-order valence-corrected chi connectivity index (χ1v) is 12.4. The maximum absolute atomic E-state index is 11.0. The summed E-state index contributed by atoms with van der Waals surface area (Å²) in [7, 11) is 0. The summed E-state index contributed by atoms with van der Waals surface area (Å²) in [5.74, 6) is 6.21. The Bertz CT molecular complexity index is 1020. The number of benzene rings is 2. The first-order valence-electron chi connectivity index (χ1n) is 12.4. The molecule has 0 saturated heterocycles. The number of phenols is 2. The molecular weight excluding hydrogens is 420 g/mol. The minimum absolute atomic E-state index is 0.0476. The van der Waals surface area contributed by atoms with Crippen molar-refractivity contribution in [3.8, 4) is 11.5 Å². The number of nitrogens with two attached hydrogens (primary N) is 1. The summed E-state index contributed by atoms with van der Waals surface area (Å²) >= 11 is 0. The molecule has 190 valence electrons. The molecule has 0 aliphatic heterocycles. The quantitative estimate of drug-likeness (QED) is 0.191. The van der Waals surface area contributed by atoms with Crippen LogP contribution in [0, 0.1) is 17.8 Å². The van der Waals surface area contributed by atoms with Crippen molar-refractivity contribution in [1.29, 1.82) is 0 Å². The van der Waals surface area contributed by atoms with Crippen molar-refractivity contribution in [1.82, 2.24) is 0 Å². The lowest BCUT2D eigenvalue weighted by Crippen LogP contribution is -2.25. The van der Waals surface area contributed by atoms with Gasteiger partial charge in [-0.1, -0.05) is 87.4 Å². The number of nitrogens with one attached hydrogen (secondary N) is 1. The van der Waals surface area contributed by atoms with E-state index in [1.165, 1.54) is 5.56 Å². The summed E-state index contributed by atoms with van der Waals surface area (Å²) in [6, 6.07) is 8.22. The molecule has 0 heterocycles. The molecule has 0 atom stereocenters. The summed E-state index contributed by atoms with van der Waals surface area (Å²) in [4.78, 5) is 0. The second-order valence-electron chi connectivity index (χ2n) is 13.9. The average molecular weight is 469 g/mol. The van der Waals surface area contributed by atoms with Gasteiger partial charge in [0.05, 0.1) is 5.69 Å². The molecule has 4 heteroatoms. The lowest BCUT2D eigenvalue weighted by Gasteiger charge is -2.34. The van der Waals surface area contributed by atoms with Gasteiger partial charge in [-0.3, -0.25) is 5.84 Å². The highest BCUT2D eigenvalue weighted by Crippen LogP contribution is 2.43. The van der Waals surface area contributed by atoms with Crippen LogP contribution < -0.4 is 11.3 Å². The second kappa shape index (κ2) is 9.45. The van der Waals surface area contributed by atoms with Gasteiger partial charge >= 0.3 is 0 Å². The van der Waals surface area contributed by atoms with Gasteiger partial charge < -0.3 is 15.6 Å². The third-order valence-electron chi connectivity index (χ3n) is 6.61. The Morgan fingerprint density at radius 3 is 1.50 bits per heavy atom. The number of nitrogen functional groups attached to an aromatic ring is 1. The van der Waals surface area contributed by atoms with Gasteiger partial charge in [0.1, 0.15) is 11.5 Å². The predicted octanol–water partition coefficient (Wildman–Crippen LogP) is 7.71. The standard InChI is InChI=1S/C30H48N2O2/c1-19-12-22(29(8,9)17-27(2,3)4)14-20(25(19)33)13-21-15-23(16-24(32-31)26(21)34)30(10,11)18-28(5,6)7/h12,14-16,32-34H,13,17-18,31H2,1-11H3. The topological polar surface area (TPSA) is 78.5 Å². The summed E-state index contributed by atoms with van der Waals surface area (Å²) < 4.78 is 0. The van der Waals surface area contributed by atoms with Crippen molar-refractivity contribution in [3.63, 3.8) is 0 Å². The maximum Gasteiger partial charge on any atom is 0.143 e. The van der Waals surface area contributed by atoms with Crippen LogP contribution in [-0.4, -0.2) is 10.2 Å². The Morgan fingerprint density at radius 2 is 1.09 bits per heavy atom. The van der Waals surface area contributed by atoms with Gasteiger partial charge in [-0.15, -0.1) is 0 Å². The molecule has 0 aliphatic rings. The van der Waals surface area contributed by atoms with E-state index in [2.05, 4.69) is 92.9 Å². The minimum Gasteiger partial charge on any atom is -0.507 e. The third-order valence-corrected chi connectivity index (χ3v) is 6.61. The second-order valence-corrected chi connectivity index (χ2v) is 13.9. The maximum atomic E-state index is 11.0. The van der Waals surface area contributed by atoms with Crippen LogP contribution in [0.2, 0.25) is 0 Å². The molecule has 34 heavy (non-hydrogen) atoms. The van der Waals surface area contributed by atoms with Gasteiger partial charge in [-0.05, 0) is 69.7 Å². The number of aromatic hydroxyl groups is 2. The largest absolute Gasteiger partial charge is 0.507 e. The first-order chi connectivity index (χ1) is 15.3. The Labute approximate surface area is 208 Å². The Kier molecular flexibility index (Phi) is 7.79. The fourth-order valence-corrected chi connectivity index (χ4v) is 5.77. The van der Waals surface area contributed by atoms with E-state index in [1.807, 2.05) is 13.0 Å². The fraction of sp³-hybridized carbons (Fsp3) is 0.600. The molecule has 0 aromatic heterocycles. The number of rotatable bonds is 7. The van der Waals surface area contributed by atoms with E-state index in [-0.39, 0.29) is 33.2 Å². The van der Waals surface area contributed by atoms with Crippen LogP contribution in [0.25, 0.3) is 0 Å². The zero-order valence-corrected chi connectivity index (χ0v) is 23.4. The normalized spacial score (nSPS) is 13.3. The number of phenolic OH excluding ortho intramolecular Hbond substituents is 2. The summed E-state index contributed by atoms with van der Waals surface area (Å²) in [6.45, 7) is 24.4. The van der Waals surface area contributed by atoms with E-state index >= 15 is 0 Å². The van der Waals surface area contributed by atoms with Gasteiger partial charge in [0.25, 0.3) is 0 Å². The van der Waals surface area contributed by atoms with Crippen molar-refractivity contribution in [3.05, 3.63) is 52.1 Å². The monoisotopic (exact) mass is 468 g/mol. The van der Waals surface area contributed by atoms with Gasteiger partial charge in [-0.25, -0.2) is 0 Å². The summed E-state index contributed by atoms with van der Waals surface area (Å²) in [5.41, 5.74) is 8.11. The van der Waals surface area contributed by atoms with E-state index in [1.54, 1.807) is 0 Å². The number of anilines is 1. The van der Waals surface area contributed by atoms with E-state index < -0.39 is 0 Å². The molecule has 0 saturated carbocycles. The molecule has 0 amide bonds. The van der Waals surface area contributed by atoms with Crippen molar-refractivity contribution < 1.29 is 10.2 Å². The van der Waals surface area contributed by atoms with Gasteiger partial charge in [0.15, 0.2) is 0 Å². The van der Waals surface area contributed by atoms with E-state index in [4.69, 9.17) is 5.84 Å². The summed E-state index contributed by atoms with van der Waals surface area (Å²) in [6.07, 6.45) is 2.42. The number of hydrazine groups is 1. The lowest BCUT2D eigenvalue weighted by molar-refractivity contribution is 0.283. The Balaban J connectivity index is 2.59. The molecule has 2 aromatic rings. The molecular formula is C30H48N2O2. The van der Waals surface area contributed by atoms with Crippen molar-refractivity contribution in [2.24, 2.45) is 16.7 Å². The number of aryl methyl sites for hydroxylation is 1. The van der Waals surface area contributed by atoms with Crippen LogP contribution in [0.5, 0.6) is 11.5 Å². The van der Waals surface area contributed by atoms with Crippen LogP contribution in [0.3, 0.4) is 0 Å². The van der Waals surface area contributed by atoms with Gasteiger partial charge in [0.2, 0.25) is 0 Å². The SMILES string of the molecule is Cc1cc(C(C)(C)CC(C)(C)C)cc(Cc2cc(C(C)(C)CC(C)(C)C)cc(NN)c2O)c1O. The molecule has 2 aromatic carbocycles. The highest BCUT2D eigenvalue weighted by molar-refractivity contribution is 5.63. The molecule has 0 unspecified atom stereocenters. The van der Waals surface area contributed by atoms with Crippen molar-refractivity contribution in [2.45, 2.75) is 106 Å². The van der Waals surface area contributed by atoms with Gasteiger partial charge in [0, 0.05) is 12.0 Å². The average Bonchev–Trinajstić information content (AvgIpc) is 2.62. The van der Waals surface area contributed by atoms with E-state index in [0.717, 1.165) is 35.1 Å². The lowest BCUT2D eigenvalue weighted by atomic mass is 9.71. The van der Waals surface area contributed by atoms with Crippen LogP contribution in [-0.2, 0) is 17.3 Å². The minimum atomic E-state index is -0.110. The molecule has 5 N–H and O–H groups in total. The van der Waals surface area contributed by atoms with Gasteiger partial charge in [-0.2, -0.15) is 0 Å². The molecule has 0 aliphatic carbocycles. The highest BCUT2D eigenvalue weighted by atomic mass is 16.3. The van der Waals surface area contributed by atoms with Crippen molar-refractivity contribution in [2.75, 3.05) is 5.43 Å². The number of hydrogen-bond donors (Lipinski definition) is 4. The molecule has 0 fully saturated rings. The van der Waals surface area contributed by atoms with Crippen LogP contribution >= 0.6 is 0 Å². The Hall–Kier alpha value is -2.20. The molecule has 4 nitrogen and oxygen atoms in total. The Morgan fingerprint density at radius 1 is 0.676 bits per heavy atom. The van der Waals surface area contributed by atoms with E-state index in [9.17, 15) is 10.2 Å². The third kappa shape index (κ3) is 6.91. The van der Waals surface area contributed by atoms with Crippen LogP contribution in [0.15, 0.2) is 24.3 Å². The highest BCUT2D eigenvalue weighted by Gasteiger charge is 2.30. The molecule has 0 radical (unpaired) electrons. The number of hydrogen-bond acceptors (Lipinski definition) is 4. The van der Waals surface area contributed by atoms with Crippen LogP contribution in [0.4, 0.5) is 5.69 Å². The smallest absolute Gasteiger partial charge is 0.143 e. The van der Waals surface area contributed by atoms with Crippen LogP contribution in [0.1, 0.15) is 110 Å². The first kappa shape index (κ1) is 28.0. The van der Waals surface area contributed by atoms with Crippen molar-refractivity contribution >= 4 is 5.69 Å². The molecule has 0 bridgehead atoms. The summed E-state index contributed by atoms with van der Waals surface area (Å²) in [5, 5.41) is 22.0. The molecule has 2 rings (SSSR count). The zero-order chi connectivity index (χ0) is 26.3. The zero-order valence-electron chi connectivity index (χ0n) is 23.4. The van der Waals surface area contributed by atoms with E-state index in [0.29, 0.717) is 12.1 Å².